The first-order chi connectivity index (χ1) is 15.4. The Morgan fingerprint density at radius 1 is 1.09 bits per heavy atom. The van der Waals surface area contributed by atoms with E-state index in [9.17, 15) is 30.3 Å². The van der Waals surface area contributed by atoms with Gasteiger partial charge in [-0.15, -0.1) is 3.89 Å². The molecule has 1 atom stereocenters. The fourth-order valence-corrected chi connectivity index (χ4v) is 3.98. The van der Waals surface area contributed by atoms with E-state index in [4.69, 9.17) is 0 Å². The van der Waals surface area contributed by atoms with Crippen molar-refractivity contribution in [3.8, 4) is 11.8 Å². The number of hydrogen-bond acceptors (Lipinski definition) is 4. The minimum Gasteiger partial charge on any atom is -0.305 e. The van der Waals surface area contributed by atoms with E-state index in [1.165, 1.54) is 40.0 Å². The maximum Gasteiger partial charge on any atom is 0.416 e. The van der Waals surface area contributed by atoms with Gasteiger partial charge in [0.2, 0.25) is 0 Å². The smallest absolute Gasteiger partial charge is 0.305 e. The predicted octanol–water partition coefficient (Wildman–Crippen LogP) is 4.29. The van der Waals surface area contributed by atoms with Gasteiger partial charge in [-0.25, -0.2) is 0 Å². The molecule has 12 heteroatoms. The SMILES string of the molecule is C[C@H]1CN(c2ccc(C(F)(F)F)cc2)C(=O)c2c(C#Cc3cccc(S(=O)(=O)F)c3)cnn21.S. The van der Waals surface area contributed by atoms with E-state index in [2.05, 4.69) is 16.9 Å². The summed E-state index contributed by atoms with van der Waals surface area (Å²) in [6.45, 7) is 2.00. The molecule has 4 rings (SSSR count). The molecular formula is C22H17F4N3O3S2. The van der Waals surface area contributed by atoms with Crippen molar-refractivity contribution >= 4 is 35.3 Å². The number of rotatable bonds is 2. The minimum atomic E-state index is -4.89. The molecule has 2 heterocycles. The highest BCUT2D eigenvalue weighted by molar-refractivity contribution is 7.86. The molecule has 1 amide bonds. The van der Waals surface area contributed by atoms with Crippen LogP contribution in [-0.4, -0.2) is 30.7 Å². The van der Waals surface area contributed by atoms with E-state index in [-0.39, 0.29) is 42.9 Å². The molecule has 0 unspecified atom stereocenters. The molecular weight excluding hydrogens is 494 g/mol. The van der Waals surface area contributed by atoms with Crippen molar-refractivity contribution in [2.45, 2.75) is 24.0 Å². The molecule has 3 aromatic rings. The van der Waals surface area contributed by atoms with Gasteiger partial charge in [-0.2, -0.15) is 40.2 Å². The van der Waals surface area contributed by atoms with Gasteiger partial charge in [-0.3, -0.25) is 9.48 Å². The minimum absolute atomic E-state index is 0. The van der Waals surface area contributed by atoms with Crippen molar-refractivity contribution in [2.75, 3.05) is 11.4 Å². The molecule has 0 N–H and O–H groups in total. The monoisotopic (exact) mass is 511 g/mol. The van der Waals surface area contributed by atoms with E-state index in [0.29, 0.717) is 5.69 Å². The normalized spacial score (nSPS) is 15.7. The number of carbonyl (C=O) groups excluding carboxylic acids is 1. The van der Waals surface area contributed by atoms with E-state index >= 15 is 0 Å². The lowest BCUT2D eigenvalue weighted by molar-refractivity contribution is -0.137. The largest absolute Gasteiger partial charge is 0.416 e. The summed E-state index contributed by atoms with van der Waals surface area (Å²) in [6.07, 6.45) is -3.11. The summed E-state index contributed by atoms with van der Waals surface area (Å²) >= 11 is 0. The molecule has 0 saturated carbocycles. The number of hydrogen-bond donors (Lipinski definition) is 0. The second kappa shape index (κ2) is 9.15. The van der Waals surface area contributed by atoms with E-state index < -0.39 is 32.8 Å². The van der Waals surface area contributed by atoms with Crippen LogP contribution >= 0.6 is 13.5 Å². The van der Waals surface area contributed by atoms with Gasteiger partial charge in [0.05, 0.1) is 28.3 Å². The molecule has 0 saturated heterocycles. The first kappa shape index (κ1) is 25.3. The van der Waals surface area contributed by atoms with Gasteiger partial charge in [0.15, 0.2) is 0 Å². The van der Waals surface area contributed by atoms with Crippen LogP contribution in [0.5, 0.6) is 0 Å². The third-order valence-electron chi connectivity index (χ3n) is 5.07. The second-order valence-corrected chi connectivity index (χ2v) is 8.72. The summed E-state index contributed by atoms with van der Waals surface area (Å²) in [5, 5.41) is 4.19. The predicted molar refractivity (Wildman–Crippen MR) is 121 cm³/mol. The average Bonchev–Trinajstić information content (AvgIpc) is 3.19. The molecule has 0 radical (unpaired) electrons. The van der Waals surface area contributed by atoms with Gasteiger partial charge >= 0.3 is 16.4 Å². The Morgan fingerprint density at radius 2 is 1.76 bits per heavy atom. The summed E-state index contributed by atoms with van der Waals surface area (Å²) in [5.41, 5.74) is 0.0851. The highest BCUT2D eigenvalue weighted by Crippen LogP contribution is 2.32. The number of carbonyl (C=O) groups is 1. The van der Waals surface area contributed by atoms with Crippen molar-refractivity contribution in [1.82, 2.24) is 9.78 Å². The highest BCUT2D eigenvalue weighted by atomic mass is 32.3. The maximum atomic E-state index is 13.2. The average molecular weight is 512 g/mol. The lowest BCUT2D eigenvalue weighted by Gasteiger charge is -2.32. The summed E-state index contributed by atoms with van der Waals surface area (Å²) in [5.74, 6) is 4.96. The zero-order valence-corrected chi connectivity index (χ0v) is 19.3. The van der Waals surface area contributed by atoms with Crippen molar-refractivity contribution in [1.29, 1.82) is 0 Å². The van der Waals surface area contributed by atoms with E-state index in [1.54, 1.807) is 6.92 Å². The zero-order valence-electron chi connectivity index (χ0n) is 17.5. The van der Waals surface area contributed by atoms with Crippen LogP contribution in [0.3, 0.4) is 0 Å². The summed E-state index contributed by atoms with van der Waals surface area (Å²) in [6, 6.07) is 8.97. The third-order valence-corrected chi connectivity index (χ3v) is 5.89. The van der Waals surface area contributed by atoms with Gasteiger partial charge < -0.3 is 4.90 Å². The lowest BCUT2D eigenvalue weighted by Crippen LogP contribution is -2.43. The van der Waals surface area contributed by atoms with Gasteiger partial charge in [0.1, 0.15) is 5.69 Å². The first-order valence-electron chi connectivity index (χ1n) is 9.58. The van der Waals surface area contributed by atoms with Gasteiger partial charge in [0, 0.05) is 17.8 Å². The number of aromatic nitrogens is 2. The number of benzene rings is 2. The second-order valence-electron chi connectivity index (χ2n) is 7.38. The number of anilines is 1. The molecule has 34 heavy (non-hydrogen) atoms. The van der Waals surface area contributed by atoms with Crippen molar-refractivity contribution in [2.24, 2.45) is 0 Å². The Kier molecular flexibility index (Phi) is 6.82. The van der Waals surface area contributed by atoms with Crippen LogP contribution in [0.15, 0.2) is 59.6 Å². The molecule has 1 aliphatic heterocycles. The molecule has 0 spiro atoms. The lowest BCUT2D eigenvalue weighted by atomic mass is 10.1. The molecule has 0 fully saturated rings. The summed E-state index contributed by atoms with van der Waals surface area (Å²) in [7, 11) is -4.89. The van der Waals surface area contributed by atoms with Crippen LogP contribution in [0.25, 0.3) is 0 Å². The zero-order chi connectivity index (χ0) is 24.0. The van der Waals surface area contributed by atoms with Crippen LogP contribution in [-0.2, 0) is 16.4 Å². The third kappa shape index (κ3) is 4.95. The number of fused-ring (bicyclic) bond motifs is 1. The Bertz CT molecular complexity index is 1410. The molecule has 0 aliphatic carbocycles. The quantitative estimate of drug-likeness (QED) is 0.292. The van der Waals surface area contributed by atoms with Gasteiger partial charge in [0.25, 0.3) is 5.91 Å². The van der Waals surface area contributed by atoms with Crippen LogP contribution in [0.1, 0.15) is 40.1 Å². The molecule has 1 aliphatic rings. The number of nitrogens with zero attached hydrogens (tertiary/aromatic N) is 3. The van der Waals surface area contributed by atoms with E-state index in [1.807, 2.05) is 0 Å². The van der Waals surface area contributed by atoms with Crippen LogP contribution in [0.2, 0.25) is 0 Å². The molecule has 0 bridgehead atoms. The maximum absolute atomic E-state index is 13.2. The Morgan fingerprint density at radius 3 is 2.38 bits per heavy atom. The number of halogens is 4. The fraction of sp³-hybridized carbons (Fsp3) is 0.182. The molecule has 178 valence electrons. The first-order valence-corrected chi connectivity index (χ1v) is 11.0. The van der Waals surface area contributed by atoms with E-state index in [0.717, 1.165) is 24.3 Å². The summed E-state index contributed by atoms with van der Waals surface area (Å²) < 4.78 is 75.5. The van der Waals surface area contributed by atoms with Crippen LogP contribution in [0.4, 0.5) is 22.7 Å². The van der Waals surface area contributed by atoms with Gasteiger partial charge in [-0.05, 0) is 49.4 Å². The Hall–Kier alpha value is -3.30. The van der Waals surface area contributed by atoms with Crippen LogP contribution in [0, 0.1) is 11.8 Å². The fourth-order valence-electron chi connectivity index (χ4n) is 3.47. The van der Waals surface area contributed by atoms with Crippen molar-refractivity contribution < 1.29 is 30.3 Å². The van der Waals surface area contributed by atoms with Crippen LogP contribution < -0.4 is 4.90 Å². The Balaban J connectivity index is 0.00000324. The molecule has 1 aromatic heterocycles. The molecule has 2 aromatic carbocycles. The standard InChI is InChI=1S/C22H15F4N3O3S.H2S/c1-14-13-28(18-9-7-17(8-10-18)22(23,24)25)21(30)20-16(12-27-29(14)20)6-5-15-3-2-4-19(11-15)33(26,31)32;/h2-4,7-12,14H,13H2,1H3;1H2/t14-;/m0./s1. The number of alkyl halides is 3. The Labute approximate surface area is 199 Å². The van der Waals surface area contributed by atoms with Crippen molar-refractivity contribution in [3.63, 3.8) is 0 Å². The number of amides is 1. The van der Waals surface area contributed by atoms with Gasteiger partial charge in [-0.1, -0.05) is 17.9 Å². The molecule has 6 nitrogen and oxygen atoms in total. The van der Waals surface area contributed by atoms with Crippen molar-refractivity contribution in [3.05, 3.63) is 77.1 Å². The highest BCUT2D eigenvalue weighted by Gasteiger charge is 2.34. The summed E-state index contributed by atoms with van der Waals surface area (Å²) in [4.78, 5) is 14.0. The topological polar surface area (TPSA) is 72.3 Å².